The number of aliphatic carboxylic acids is 1. The van der Waals surface area contributed by atoms with Gasteiger partial charge in [0.05, 0.1) is 12.9 Å². The number of nitrogens with zero attached hydrogens (tertiary/aromatic N) is 1. The Kier molecular flexibility index (Phi) is 31.7. The monoisotopic (exact) mass is 1210 g/mol. The van der Waals surface area contributed by atoms with E-state index in [1.165, 1.54) is 31.2 Å². The van der Waals surface area contributed by atoms with Gasteiger partial charge < -0.3 is 74.7 Å². The number of thiol groups is 1. The smallest absolute Gasteiger partial charge is 0.303 e. The van der Waals surface area contributed by atoms with Crippen LogP contribution in [0.4, 0.5) is 0 Å². The van der Waals surface area contributed by atoms with Crippen molar-refractivity contribution < 1.29 is 62.6 Å². The third-order valence-corrected chi connectivity index (χ3v) is 13.9. The minimum atomic E-state index is -1.47. The number of benzene rings is 2. The molecule has 0 fully saturated rings. The van der Waals surface area contributed by atoms with Crippen LogP contribution < -0.4 is 64.6 Å². The van der Waals surface area contributed by atoms with Gasteiger partial charge in [-0.2, -0.15) is 24.4 Å². The number of nitrogens with two attached hydrogens (primary N) is 2. The van der Waals surface area contributed by atoms with Gasteiger partial charge in [0.15, 0.2) is 0 Å². The Hall–Kier alpha value is -8.05. The van der Waals surface area contributed by atoms with Crippen molar-refractivity contribution in [2.24, 2.45) is 17.4 Å². The number of amides is 11. The van der Waals surface area contributed by atoms with Crippen LogP contribution in [0.5, 0.6) is 0 Å². The fourth-order valence-electron chi connectivity index (χ4n) is 8.33. The summed E-state index contributed by atoms with van der Waals surface area (Å²) in [6, 6.07) is 5.98. The number of imidazole rings is 1. The van der Waals surface area contributed by atoms with E-state index in [0.717, 1.165) is 0 Å². The SMILES string of the molecule is CSCC[C@H](NC=O)C(=O)N[C@@H](CC(C)C)C(=O)N[C@@H](Cc1ccccc1)C(=O)N[C@@H](Cc1ccccc1)C(=O)N[C@@H](CCCCN)C(=O)N[C@@H](C)C(=O)N[C@@H](Cc1cnc[nH]1)C(=O)NCC(=O)N[C@@H](CCC(=O)O)C(=O)N[C@@H](CS)C(N)=O. The van der Waals surface area contributed by atoms with Crippen LogP contribution in [-0.2, 0) is 76.8 Å². The quantitative estimate of drug-likeness (QED) is 0.0163. The maximum atomic E-state index is 14.6. The lowest BCUT2D eigenvalue weighted by atomic mass is 9.99. The van der Waals surface area contributed by atoms with E-state index in [4.69, 9.17) is 11.5 Å². The molecule has 0 radical (unpaired) electrons. The number of hydrogen-bond acceptors (Lipinski definition) is 16. The second-order valence-electron chi connectivity index (χ2n) is 20.1. The van der Waals surface area contributed by atoms with E-state index in [1.807, 2.05) is 20.1 Å². The zero-order chi connectivity index (χ0) is 62.1. The van der Waals surface area contributed by atoms with E-state index in [9.17, 15) is 62.6 Å². The summed E-state index contributed by atoms with van der Waals surface area (Å²) in [6.45, 7) is 4.51. The van der Waals surface area contributed by atoms with Gasteiger partial charge in [0.2, 0.25) is 65.5 Å². The number of H-pyrrole nitrogens is 1. The molecule has 2 aromatic carbocycles. The first-order valence-corrected chi connectivity index (χ1v) is 29.4. The van der Waals surface area contributed by atoms with Gasteiger partial charge in [0.1, 0.15) is 54.4 Å². The first kappa shape index (κ1) is 70.2. The number of aromatic nitrogens is 2. The molecule has 9 atom stereocenters. The van der Waals surface area contributed by atoms with Gasteiger partial charge in [-0.3, -0.25) is 57.5 Å². The number of aromatic amines is 1. The number of nitrogens with one attached hydrogen (secondary N) is 11. The maximum Gasteiger partial charge on any atom is 0.303 e. The molecule has 84 heavy (non-hydrogen) atoms. The Morgan fingerprint density at radius 3 is 1.63 bits per heavy atom. The van der Waals surface area contributed by atoms with E-state index >= 15 is 0 Å². The van der Waals surface area contributed by atoms with Crippen molar-refractivity contribution >= 4 is 95.8 Å². The van der Waals surface area contributed by atoms with Gasteiger partial charge in [0, 0.05) is 43.3 Å². The van der Waals surface area contributed by atoms with Gasteiger partial charge >= 0.3 is 5.97 Å². The van der Waals surface area contributed by atoms with Gasteiger partial charge in [0.25, 0.3) is 0 Å². The molecule has 1 aromatic heterocycles. The highest BCUT2D eigenvalue weighted by atomic mass is 32.2. The van der Waals surface area contributed by atoms with Crippen molar-refractivity contribution in [1.82, 2.24) is 63.1 Å². The molecule has 0 saturated heterocycles. The van der Waals surface area contributed by atoms with E-state index < -0.39 is 139 Å². The average molecular weight is 1210 g/mol. The van der Waals surface area contributed by atoms with Crippen LogP contribution in [0.1, 0.15) is 82.5 Å². The van der Waals surface area contributed by atoms with E-state index in [0.29, 0.717) is 48.2 Å². The van der Waals surface area contributed by atoms with Crippen LogP contribution in [0.3, 0.4) is 0 Å². The highest BCUT2D eigenvalue weighted by Gasteiger charge is 2.35. The molecule has 11 amide bonds. The molecule has 460 valence electrons. The number of carbonyl (C=O) groups is 12. The Morgan fingerprint density at radius 1 is 0.619 bits per heavy atom. The number of thioether (sulfide) groups is 1. The maximum absolute atomic E-state index is 14.6. The van der Waals surface area contributed by atoms with Crippen LogP contribution in [-0.4, -0.2) is 172 Å². The number of carbonyl (C=O) groups excluding carboxylic acids is 11. The highest BCUT2D eigenvalue weighted by molar-refractivity contribution is 7.98. The molecule has 1 heterocycles. The van der Waals surface area contributed by atoms with Crippen LogP contribution in [0, 0.1) is 5.92 Å². The Morgan fingerprint density at radius 2 is 1.12 bits per heavy atom. The minimum absolute atomic E-state index is 0.0257. The van der Waals surface area contributed by atoms with Crippen LogP contribution >= 0.6 is 24.4 Å². The third-order valence-electron chi connectivity index (χ3n) is 12.9. The van der Waals surface area contributed by atoms with Crippen molar-refractivity contribution in [3.8, 4) is 0 Å². The normalized spacial score (nSPS) is 14.2. The average Bonchev–Trinajstić information content (AvgIpc) is 4.09. The van der Waals surface area contributed by atoms with Gasteiger partial charge in [-0.1, -0.05) is 74.5 Å². The van der Waals surface area contributed by atoms with Crippen molar-refractivity contribution in [3.05, 3.63) is 90.0 Å². The molecule has 29 heteroatoms. The number of primary amides is 1. The number of hydrogen-bond donors (Lipinski definition) is 15. The Labute approximate surface area is 497 Å². The van der Waals surface area contributed by atoms with Gasteiger partial charge in [-0.25, -0.2) is 4.98 Å². The van der Waals surface area contributed by atoms with E-state index in [1.54, 1.807) is 60.7 Å². The summed E-state index contributed by atoms with van der Waals surface area (Å²) in [5, 5.41) is 34.9. The van der Waals surface area contributed by atoms with Gasteiger partial charge in [-0.05, 0) is 81.0 Å². The lowest BCUT2D eigenvalue weighted by molar-refractivity contribution is -0.138. The molecule has 0 aliphatic heterocycles. The minimum Gasteiger partial charge on any atom is -0.481 e. The summed E-state index contributed by atoms with van der Waals surface area (Å²) in [7, 11) is 0. The summed E-state index contributed by atoms with van der Waals surface area (Å²) < 4.78 is 0. The number of unbranched alkanes of at least 4 members (excludes halogenated alkanes) is 1. The summed E-state index contributed by atoms with van der Waals surface area (Å²) in [4.78, 5) is 166. The molecule has 0 bridgehead atoms. The van der Waals surface area contributed by atoms with Crippen molar-refractivity contribution in [1.29, 1.82) is 0 Å². The van der Waals surface area contributed by atoms with Crippen molar-refractivity contribution in [2.75, 3.05) is 30.9 Å². The molecule has 16 N–H and O–H groups in total. The van der Waals surface area contributed by atoms with Crippen LogP contribution in [0.25, 0.3) is 0 Å². The van der Waals surface area contributed by atoms with E-state index in [2.05, 4.69) is 75.8 Å². The lowest BCUT2D eigenvalue weighted by Crippen LogP contribution is -2.60. The number of carboxylic acid groups (broad SMARTS) is 1. The molecule has 0 aliphatic carbocycles. The fourth-order valence-corrected chi connectivity index (χ4v) is 9.08. The highest BCUT2D eigenvalue weighted by Crippen LogP contribution is 2.13. The molecule has 27 nitrogen and oxygen atoms in total. The third kappa shape index (κ3) is 26.0. The predicted octanol–water partition coefficient (Wildman–Crippen LogP) is -2.23. The predicted molar refractivity (Wildman–Crippen MR) is 315 cm³/mol. The molecular formula is C55H80N14O13S2. The molecule has 0 aliphatic rings. The van der Waals surface area contributed by atoms with Crippen LogP contribution in [0.2, 0.25) is 0 Å². The molecule has 0 spiro atoms. The Bertz CT molecular complexity index is 2640. The summed E-state index contributed by atoms with van der Waals surface area (Å²) in [6.07, 6.45) is 4.98. The first-order chi connectivity index (χ1) is 40.1. The second-order valence-corrected chi connectivity index (χ2v) is 21.5. The summed E-state index contributed by atoms with van der Waals surface area (Å²) in [5.74, 6) is -9.25. The Balaban J connectivity index is 1.87. The molecular weight excluding hydrogens is 1130 g/mol. The number of rotatable bonds is 40. The van der Waals surface area contributed by atoms with E-state index in [-0.39, 0.29) is 50.3 Å². The summed E-state index contributed by atoms with van der Waals surface area (Å²) in [5.41, 5.74) is 12.7. The lowest BCUT2D eigenvalue weighted by Gasteiger charge is -2.28. The molecule has 3 rings (SSSR count). The van der Waals surface area contributed by atoms with Crippen molar-refractivity contribution in [3.63, 3.8) is 0 Å². The van der Waals surface area contributed by atoms with Crippen LogP contribution in [0.15, 0.2) is 73.2 Å². The number of carboxylic acids is 1. The van der Waals surface area contributed by atoms with Crippen molar-refractivity contribution in [2.45, 2.75) is 139 Å². The largest absolute Gasteiger partial charge is 0.481 e. The molecule has 3 aromatic rings. The summed E-state index contributed by atoms with van der Waals surface area (Å²) >= 11 is 5.45. The zero-order valence-corrected chi connectivity index (χ0v) is 49.2. The topological polar surface area (TPSA) is 426 Å². The molecule has 0 saturated carbocycles. The molecule has 0 unspecified atom stereocenters. The standard InChI is InChI=1S/C55H80N14O13S2/c1-32(2)23-40(66-50(77)37(61-31-70)20-22-84-4)53(80)67-42(25-35-15-9-6-10-16-35)55(82)68-41(24-34-13-7-5-8-14-34)54(81)64-38(17-11-12-21-56)51(78)62-33(3)48(75)65-43(26-36-27-58-30-60-36)49(76)59-28-45(71)63-39(18-19-46(72)73)52(79)69-44(29-83)47(57)74/h5-10,13-16,27,30-33,37-44,83H,11-12,17-26,28-29,56H2,1-4H3,(H2,57,74)(H,58,60)(H,59,76)(H,61,70)(H,62,78)(H,63,71)(H,64,81)(H,65,75)(H,66,77)(H,67,80)(H,68,82)(H,69,79)(H,72,73)/t33-,37-,38-,39-,40-,41-,42-,43-,44-/m0/s1. The second kappa shape index (κ2) is 37.9. The van der Waals surface area contributed by atoms with Gasteiger partial charge in [-0.15, -0.1) is 0 Å². The first-order valence-electron chi connectivity index (χ1n) is 27.3. The zero-order valence-electron chi connectivity index (χ0n) is 47.5. The fraction of sp³-hybridized carbons (Fsp3) is 0.509.